The highest BCUT2D eigenvalue weighted by Gasteiger charge is 2.11. The van der Waals surface area contributed by atoms with Crippen LogP contribution in [0.2, 0.25) is 0 Å². The van der Waals surface area contributed by atoms with Gasteiger partial charge in [-0.1, -0.05) is 6.92 Å². The van der Waals surface area contributed by atoms with Crippen molar-refractivity contribution in [1.29, 1.82) is 0 Å². The maximum atomic E-state index is 5.62. The maximum absolute atomic E-state index is 5.62. The van der Waals surface area contributed by atoms with Crippen molar-refractivity contribution in [3.63, 3.8) is 0 Å². The Kier molecular flexibility index (Phi) is 5.38. The summed E-state index contributed by atoms with van der Waals surface area (Å²) < 4.78 is 5.62. The van der Waals surface area contributed by atoms with Crippen LogP contribution >= 0.6 is 11.3 Å². The van der Waals surface area contributed by atoms with Crippen LogP contribution < -0.4 is 10.6 Å². The zero-order valence-electron chi connectivity index (χ0n) is 12.9. The van der Waals surface area contributed by atoms with Gasteiger partial charge in [0.2, 0.25) is 0 Å². The fourth-order valence-corrected chi connectivity index (χ4v) is 2.67. The molecule has 0 radical (unpaired) electrons. The lowest BCUT2D eigenvalue weighted by molar-refractivity contribution is 0.441. The van der Waals surface area contributed by atoms with E-state index in [-0.39, 0.29) is 6.04 Å². The number of aliphatic imine (C=N–C) groups is 1. The van der Waals surface area contributed by atoms with Crippen LogP contribution in [0.3, 0.4) is 0 Å². The molecule has 1 atom stereocenters. The lowest BCUT2D eigenvalue weighted by Gasteiger charge is -2.15. The van der Waals surface area contributed by atoms with E-state index in [1.807, 2.05) is 26.0 Å². The van der Waals surface area contributed by atoms with Gasteiger partial charge in [0.05, 0.1) is 23.3 Å². The summed E-state index contributed by atoms with van der Waals surface area (Å²) in [5.41, 5.74) is 1.04. The standard InChI is InChI=1S/C15H22N4OS/c1-5-14-19-12(9-21-14)8-17-15(16-4)18-11(3)13-7-6-10(2)20-13/h6-7,9,11H,5,8H2,1-4H3,(H2,16,17,18). The number of hydrogen-bond donors (Lipinski definition) is 2. The Labute approximate surface area is 129 Å². The zero-order chi connectivity index (χ0) is 15.2. The van der Waals surface area contributed by atoms with Gasteiger partial charge in [-0.3, -0.25) is 4.99 Å². The molecular weight excluding hydrogens is 284 g/mol. The summed E-state index contributed by atoms with van der Waals surface area (Å²) in [7, 11) is 1.76. The first kappa shape index (κ1) is 15.6. The molecule has 6 heteroatoms. The molecule has 21 heavy (non-hydrogen) atoms. The van der Waals surface area contributed by atoms with Crippen molar-refractivity contribution in [1.82, 2.24) is 15.6 Å². The second kappa shape index (κ2) is 7.26. The van der Waals surface area contributed by atoms with Crippen LogP contribution in [-0.4, -0.2) is 18.0 Å². The number of nitrogens with zero attached hydrogens (tertiary/aromatic N) is 2. The van der Waals surface area contributed by atoms with Crippen molar-refractivity contribution < 1.29 is 4.42 Å². The average Bonchev–Trinajstić information content (AvgIpc) is 3.11. The van der Waals surface area contributed by atoms with Gasteiger partial charge in [-0.05, 0) is 32.4 Å². The molecule has 0 saturated carbocycles. The smallest absolute Gasteiger partial charge is 0.191 e. The van der Waals surface area contributed by atoms with Crippen LogP contribution in [0.4, 0.5) is 0 Å². The number of hydrogen-bond acceptors (Lipinski definition) is 4. The Morgan fingerprint density at radius 2 is 2.29 bits per heavy atom. The van der Waals surface area contributed by atoms with Crippen molar-refractivity contribution >= 4 is 17.3 Å². The third-order valence-corrected chi connectivity index (χ3v) is 4.15. The molecule has 0 fully saturated rings. The predicted octanol–water partition coefficient (Wildman–Crippen LogP) is 3.03. The quantitative estimate of drug-likeness (QED) is 0.658. The summed E-state index contributed by atoms with van der Waals surface area (Å²) in [6.45, 7) is 6.77. The highest BCUT2D eigenvalue weighted by atomic mass is 32.1. The third kappa shape index (κ3) is 4.32. The minimum Gasteiger partial charge on any atom is -0.464 e. The van der Waals surface area contributed by atoms with E-state index in [1.165, 1.54) is 0 Å². The van der Waals surface area contributed by atoms with Crippen LogP contribution in [0.1, 0.15) is 42.1 Å². The molecule has 0 aromatic carbocycles. The lowest BCUT2D eigenvalue weighted by Crippen LogP contribution is -2.38. The summed E-state index contributed by atoms with van der Waals surface area (Å²) in [6.07, 6.45) is 0.979. The van der Waals surface area contributed by atoms with Gasteiger partial charge in [-0.2, -0.15) is 0 Å². The van der Waals surface area contributed by atoms with E-state index < -0.39 is 0 Å². The number of nitrogens with one attached hydrogen (secondary N) is 2. The number of aryl methyl sites for hydroxylation is 2. The summed E-state index contributed by atoms with van der Waals surface area (Å²) in [4.78, 5) is 8.76. The molecule has 0 aliphatic rings. The highest BCUT2D eigenvalue weighted by molar-refractivity contribution is 7.09. The number of guanidine groups is 1. The van der Waals surface area contributed by atoms with E-state index in [2.05, 4.69) is 32.9 Å². The number of thiazole rings is 1. The Morgan fingerprint density at radius 1 is 1.48 bits per heavy atom. The minimum absolute atomic E-state index is 0.0616. The normalized spacial score (nSPS) is 13.2. The zero-order valence-corrected chi connectivity index (χ0v) is 13.8. The molecule has 114 valence electrons. The summed E-state index contributed by atoms with van der Waals surface area (Å²) >= 11 is 1.70. The van der Waals surface area contributed by atoms with Crippen molar-refractivity contribution in [2.75, 3.05) is 7.05 Å². The first-order chi connectivity index (χ1) is 10.1. The van der Waals surface area contributed by atoms with E-state index in [4.69, 9.17) is 4.42 Å². The van der Waals surface area contributed by atoms with Crippen LogP contribution in [-0.2, 0) is 13.0 Å². The molecule has 2 aromatic rings. The molecule has 0 saturated heterocycles. The van der Waals surface area contributed by atoms with E-state index >= 15 is 0 Å². The topological polar surface area (TPSA) is 62.5 Å². The largest absolute Gasteiger partial charge is 0.464 e. The minimum atomic E-state index is 0.0616. The number of aromatic nitrogens is 1. The molecule has 0 bridgehead atoms. The molecule has 0 spiro atoms. The molecule has 0 amide bonds. The highest BCUT2D eigenvalue weighted by Crippen LogP contribution is 2.15. The maximum Gasteiger partial charge on any atom is 0.191 e. The van der Waals surface area contributed by atoms with Crippen molar-refractivity contribution in [3.05, 3.63) is 39.7 Å². The van der Waals surface area contributed by atoms with Gasteiger partial charge in [0.1, 0.15) is 11.5 Å². The molecule has 0 aliphatic heterocycles. The molecule has 2 N–H and O–H groups in total. The molecular formula is C15H22N4OS. The molecule has 0 aliphatic carbocycles. The SMILES string of the molecule is CCc1nc(CNC(=NC)NC(C)c2ccc(C)o2)cs1. The van der Waals surface area contributed by atoms with Gasteiger partial charge in [-0.25, -0.2) is 4.98 Å². The first-order valence-corrected chi connectivity index (χ1v) is 7.97. The molecule has 1 unspecified atom stereocenters. The summed E-state index contributed by atoms with van der Waals surface area (Å²) in [5.74, 6) is 2.55. The van der Waals surface area contributed by atoms with E-state index in [1.54, 1.807) is 18.4 Å². The summed E-state index contributed by atoms with van der Waals surface area (Å²) in [6, 6.07) is 4.01. The van der Waals surface area contributed by atoms with Gasteiger partial charge in [-0.15, -0.1) is 11.3 Å². The second-order valence-corrected chi connectivity index (χ2v) is 5.77. The molecule has 2 heterocycles. The Balaban J connectivity index is 1.88. The Bertz CT molecular complexity index is 602. The number of furan rings is 1. The van der Waals surface area contributed by atoms with E-state index in [0.29, 0.717) is 6.54 Å². The first-order valence-electron chi connectivity index (χ1n) is 7.09. The fraction of sp³-hybridized carbons (Fsp3) is 0.467. The van der Waals surface area contributed by atoms with Crippen LogP contribution in [0.5, 0.6) is 0 Å². The summed E-state index contributed by atoms with van der Waals surface area (Å²) in [5, 5.41) is 9.82. The monoisotopic (exact) mass is 306 g/mol. The second-order valence-electron chi connectivity index (χ2n) is 4.83. The average molecular weight is 306 g/mol. The molecule has 2 rings (SSSR count). The van der Waals surface area contributed by atoms with Crippen molar-refractivity contribution in [2.45, 2.75) is 39.8 Å². The van der Waals surface area contributed by atoms with Gasteiger partial charge in [0.25, 0.3) is 0 Å². The van der Waals surface area contributed by atoms with Gasteiger partial charge >= 0.3 is 0 Å². The van der Waals surface area contributed by atoms with Gasteiger partial charge in [0, 0.05) is 12.4 Å². The van der Waals surface area contributed by atoms with Crippen molar-refractivity contribution in [2.24, 2.45) is 4.99 Å². The van der Waals surface area contributed by atoms with E-state index in [9.17, 15) is 0 Å². The number of rotatable bonds is 5. The van der Waals surface area contributed by atoms with E-state index in [0.717, 1.165) is 34.6 Å². The molecule has 2 aromatic heterocycles. The van der Waals surface area contributed by atoms with Crippen LogP contribution in [0.25, 0.3) is 0 Å². The molecule has 5 nitrogen and oxygen atoms in total. The van der Waals surface area contributed by atoms with Crippen LogP contribution in [0.15, 0.2) is 26.9 Å². The Morgan fingerprint density at radius 3 is 2.86 bits per heavy atom. The van der Waals surface area contributed by atoms with Crippen molar-refractivity contribution in [3.8, 4) is 0 Å². The third-order valence-electron chi connectivity index (χ3n) is 3.10. The lowest BCUT2D eigenvalue weighted by atomic mass is 10.2. The van der Waals surface area contributed by atoms with Crippen LogP contribution in [0, 0.1) is 6.92 Å². The predicted molar refractivity (Wildman–Crippen MR) is 86.7 cm³/mol. The Hall–Kier alpha value is -1.82. The van der Waals surface area contributed by atoms with Gasteiger partial charge in [0.15, 0.2) is 5.96 Å². The van der Waals surface area contributed by atoms with Gasteiger partial charge < -0.3 is 15.1 Å². The fourth-order valence-electron chi connectivity index (χ4n) is 1.92.